The van der Waals surface area contributed by atoms with Crippen LogP contribution in [0.4, 0.5) is 15.9 Å². The minimum Gasteiger partial charge on any atom is -0.487 e. The zero-order valence-electron chi connectivity index (χ0n) is 17.6. The first-order valence-corrected chi connectivity index (χ1v) is 11.8. The van der Waals surface area contributed by atoms with Crippen LogP contribution < -0.4 is 10.1 Å². The minimum absolute atomic E-state index is 0.229. The first-order chi connectivity index (χ1) is 16.1. The van der Waals surface area contributed by atoms with E-state index in [0.29, 0.717) is 16.6 Å². The van der Waals surface area contributed by atoms with Crippen LogP contribution in [-0.2, 0) is 6.61 Å². The first kappa shape index (κ1) is 21.5. The molecule has 0 unspecified atom stereocenters. The normalized spacial score (nSPS) is 13.1. The van der Waals surface area contributed by atoms with E-state index in [0.717, 1.165) is 39.4 Å². The third kappa shape index (κ3) is 5.19. The Morgan fingerprint density at radius 3 is 2.82 bits per heavy atom. The quantitative estimate of drug-likeness (QED) is 0.345. The Morgan fingerprint density at radius 1 is 1.12 bits per heavy atom. The van der Waals surface area contributed by atoms with Gasteiger partial charge in [0, 0.05) is 24.8 Å². The van der Waals surface area contributed by atoms with E-state index >= 15 is 0 Å². The number of likely N-dealkylation sites (tertiary alicyclic amines) is 1. The maximum atomic E-state index is 13.3. The third-order valence-electron chi connectivity index (χ3n) is 5.23. The van der Waals surface area contributed by atoms with Crippen LogP contribution in [0, 0.1) is 17.8 Å². The summed E-state index contributed by atoms with van der Waals surface area (Å²) < 4.78 is 20.0. The molecule has 1 N–H and O–H groups in total. The van der Waals surface area contributed by atoms with Crippen molar-refractivity contribution in [3.8, 4) is 17.7 Å². The van der Waals surface area contributed by atoms with Crippen molar-refractivity contribution in [1.29, 1.82) is 0 Å². The van der Waals surface area contributed by atoms with Gasteiger partial charge in [0.05, 0.1) is 20.1 Å². The van der Waals surface area contributed by atoms with Crippen LogP contribution in [0.25, 0.3) is 10.2 Å². The topological polar surface area (TPSA) is 50.3 Å². The average molecular weight is 479 g/mol. The number of halogens is 2. The lowest BCUT2D eigenvalue weighted by molar-refractivity contribution is 0.306. The average Bonchev–Trinajstić information content (AvgIpc) is 3.47. The molecule has 8 heteroatoms. The van der Waals surface area contributed by atoms with Crippen molar-refractivity contribution in [3.05, 3.63) is 76.1 Å². The van der Waals surface area contributed by atoms with Crippen LogP contribution >= 0.6 is 22.9 Å². The van der Waals surface area contributed by atoms with E-state index in [2.05, 4.69) is 32.1 Å². The highest BCUT2D eigenvalue weighted by atomic mass is 35.5. The van der Waals surface area contributed by atoms with Gasteiger partial charge in [-0.1, -0.05) is 23.7 Å². The molecule has 0 radical (unpaired) electrons. The van der Waals surface area contributed by atoms with Crippen molar-refractivity contribution in [2.45, 2.75) is 19.4 Å². The van der Waals surface area contributed by atoms with Gasteiger partial charge in [0.15, 0.2) is 5.82 Å². The van der Waals surface area contributed by atoms with Gasteiger partial charge in [0.2, 0.25) is 0 Å². The number of nitrogens with zero attached hydrogens (tertiary/aromatic N) is 3. The molecule has 0 bridgehead atoms. The molecule has 1 fully saturated rings. The lowest BCUT2D eigenvalue weighted by Crippen LogP contribution is -2.10. The molecule has 0 amide bonds. The second-order valence-electron chi connectivity index (χ2n) is 7.67. The van der Waals surface area contributed by atoms with E-state index in [1.165, 1.54) is 31.3 Å². The summed E-state index contributed by atoms with van der Waals surface area (Å²) >= 11 is 7.99. The van der Waals surface area contributed by atoms with Crippen molar-refractivity contribution in [2.75, 3.05) is 18.4 Å². The molecule has 1 aliphatic heterocycles. The zero-order chi connectivity index (χ0) is 22.6. The fourth-order valence-electron chi connectivity index (χ4n) is 3.59. The number of rotatable bonds is 5. The zero-order valence-corrected chi connectivity index (χ0v) is 19.2. The van der Waals surface area contributed by atoms with E-state index in [-0.39, 0.29) is 12.4 Å². The molecule has 1 saturated heterocycles. The van der Waals surface area contributed by atoms with Crippen molar-refractivity contribution in [1.82, 2.24) is 14.9 Å². The van der Waals surface area contributed by atoms with E-state index in [9.17, 15) is 4.39 Å². The summed E-state index contributed by atoms with van der Waals surface area (Å²) in [7, 11) is 0. The van der Waals surface area contributed by atoms with Gasteiger partial charge < -0.3 is 15.0 Å². The van der Waals surface area contributed by atoms with Crippen LogP contribution in [0.2, 0.25) is 5.02 Å². The first-order valence-electron chi connectivity index (χ1n) is 10.6. The van der Waals surface area contributed by atoms with E-state index < -0.39 is 0 Å². The van der Waals surface area contributed by atoms with Crippen molar-refractivity contribution < 1.29 is 9.13 Å². The standard InChI is InChI=1S/C25H20ClFN4OS/c26-21-13-19(6-7-23(21)32-15-17-4-3-5-18(27)12-17)30-25-24-22(28-16-29-25)14-20(33-24)8-11-31-9-1-2-10-31/h3-7,12-14,16H,1-2,9-10,15H2,(H,28,29,30). The number of ether oxygens (including phenoxy) is 1. The molecule has 33 heavy (non-hydrogen) atoms. The van der Waals surface area contributed by atoms with Gasteiger partial charge >= 0.3 is 0 Å². The smallest absolute Gasteiger partial charge is 0.151 e. The maximum absolute atomic E-state index is 13.3. The molecule has 1 aliphatic rings. The lowest BCUT2D eigenvalue weighted by atomic mass is 10.2. The van der Waals surface area contributed by atoms with Crippen LogP contribution in [0.15, 0.2) is 54.9 Å². The highest BCUT2D eigenvalue weighted by molar-refractivity contribution is 7.20. The van der Waals surface area contributed by atoms with Crippen LogP contribution in [0.3, 0.4) is 0 Å². The molecule has 0 spiro atoms. The Labute approximate surface area is 200 Å². The maximum Gasteiger partial charge on any atom is 0.151 e. The second-order valence-corrected chi connectivity index (χ2v) is 9.13. The minimum atomic E-state index is -0.295. The third-order valence-corrected chi connectivity index (χ3v) is 6.57. The number of benzene rings is 2. The molecule has 4 aromatic rings. The van der Waals surface area contributed by atoms with Gasteiger partial charge in [0.25, 0.3) is 0 Å². The summed E-state index contributed by atoms with van der Waals surface area (Å²) in [6.45, 7) is 2.30. The predicted molar refractivity (Wildman–Crippen MR) is 131 cm³/mol. The summed E-state index contributed by atoms with van der Waals surface area (Å²) in [5.41, 5.74) is 2.36. The number of hydrogen-bond acceptors (Lipinski definition) is 6. The summed E-state index contributed by atoms with van der Waals surface area (Å²) in [5, 5.41) is 3.77. The summed E-state index contributed by atoms with van der Waals surface area (Å²) in [6, 6.07) is 17.0. The number of nitrogens with one attached hydrogen (secondary N) is 1. The van der Waals surface area contributed by atoms with Crippen LogP contribution in [0.5, 0.6) is 5.75 Å². The highest BCUT2D eigenvalue weighted by Gasteiger charge is 2.11. The Balaban J connectivity index is 1.31. The molecule has 0 aliphatic carbocycles. The fraction of sp³-hybridized carbons (Fsp3) is 0.200. The van der Waals surface area contributed by atoms with Gasteiger partial charge in [-0.05, 0) is 60.7 Å². The molecule has 2 aromatic heterocycles. The summed E-state index contributed by atoms with van der Waals surface area (Å²) in [4.78, 5) is 11.9. The molecular weight excluding hydrogens is 459 g/mol. The molecule has 5 rings (SSSR count). The molecule has 5 nitrogen and oxygen atoms in total. The van der Waals surface area contributed by atoms with Crippen LogP contribution in [0.1, 0.15) is 23.3 Å². The molecular formula is C25H20ClFN4OS. The number of thiophene rings is 1. The fourth-order valence-corrected chi connectivity index (χ4v) is 4.73. The summed E-state index contributed by atoms with van der Waals surface area (Å²) in [6.07, 6.45) is 3.95. The largest absolute Gasteiger partial charge is 0.487 e. The number of aromatic nitrogens is 2. The van der Waals surface area contributed by atoms with Crippen molar-refractivity contribution in [2.24, 2.45) is 0 Å². The monoisotopic (exact) mass is 478 g/mol. The van der Waals surface area contributed by atoms with Crippen molar-refractivity contribution in [3.63, 3.8) is 0 Å². The number of anilines is 2. The van der Waals surface area contributed by atoms with E-state index in [4.69, 9.17) is 16.3 Å². The van der Waals surface area contributed by atoms with Crippen molar-refractivity contribution >= 4 is 44.7 Å². The predicted octanol–water partition coefficient (Wildman–Crippen LogP) is 6.21. The van der Waals surface area contributed by atoms with Gasteiger partial charge in [-0.15, -0.1) is 11.3 Å². The lowest BCUT2D eigenvalue weighted by Gasteiger charge is -2.11. The molecule has 0 saturated carbocycles. The van der Waals surface area contributed by atoms with Gasteiger partial charge in [-0.2, -0.15) is 0 Å². The summed E-state index contributed by atoms with van der Waals surface area (Å²) in [5.74, 6) is 4.18. The number of fused-ring (bicyclic) bond motifs is 1. The van der Waals surface area contributed by atoms with Gasteiger partial charge in [0.1, 0.15) is 24.5 Å². The SMILES string of the molecule is Fc1cccc(COc2ccc(Nc3ncnc4cc(C#CN5CCCC5)sc34)cc2Cl)c1. The Kier molecular flexibility index (Phi) is 6.29. The second kappa shape index (κ2) is 9.65. The van der Waals surface area contributed by atoms with Gasteiger partial charge in [-0.3, -0.25) is 0 Å². The van der Waals surface area contributed by atoms with Gasteiger partial charge in [-0.25, -0.2) is 14.4 Å². The Bertz CT molecular complexity index is 1360. The molecule has 2 aromatic carbocycles. The van der Waals surface area contributed by atoms with E-state index in [1.54, 1.807) is 35.6 Å². The Hall–Kier alpha value is -3.34. The highest BCUT2D eigenvalue weighted by Crippen LogP contribution is 2.33. The van der Waals surface area contributed by atoms with Crippen LogP contribution in [-0.4, -0.2) is 28.0 Å². The molecule has 0 atom stereocenters. The van der Waals surface area contributed by atoms with E-state index in [1.807, 2.05) is 12.1 Å². The Morgan fingerprint density at radius 2 is 2.00 bits per heavy atom. The molecule has 166 valence electrons. The molecule has 3 heterocycles. The number of hydrogen-bond donors (Lipinski definition) is 1.